The maximum atomic E-state index is 11.9. The van der Waals surface area contributed by atoms with Gasteiger partial charge in [0, 0.05) is 18.8 Å². The summed E-state index contributed by atoms with van der Waals surface area (Å²) in [6.07, 6.45) is 2.74. The van der Waals surface area contributed by atoms with Gasteiger partial charge in [0.2, 0.25) is 5.91 Å². The van der Waals surface area contributed by atoms with Crippen LogP contribution in [0.15, 0.2) is 48.7 Å². The fraction of sp³-hybridized carbons (Fsp3) is 0.294. The molecule has 1 amide bonds. The average Bonchev–Trinajstić information content (AvgIpc) is 2.50. The van der Waals surface area contributed by atoms with Gasteiger partial charge in [-0.3, -0.25) is 9.78 Å². The van der Waals surface area contributed by atoms with Crippen LogP contribution in [-0.4, -0.2) is 17.4 Å². The van der Waals surface area contributed by atoms with E-state index in [4.69, 9.17) is 5.73 Å². The minimum atomic E-state index is -0.0527. The van der Waals surface area contributed by atoms with Crippen LogP contribution in [0.4, 0.5) is 0 Å². The number of aryl methyl sites for hydroxylation is 1. The van der Waals surface area contributed by atoms with Crippen LogP contribution in [0.2, 0.25) is 0 Å². The van der Waals surface area contributed by atoms with Crippen LogP contribution in [0.3, 0.4) is 0 Å². The summed E-state index contributed by atoms with van der Waals surface area (Å²) in [5, 5.41) is 2.90. The molecule has 0 radical (unpaired) electrons. The van der Waals surface area contributed by atoms with Gasteiger partial charge in [-0.25, -0.2) is 0 Å². The smallest absolute Gasteiger partial charge is 0.226 e. The second-order valence-corrected chi connectivity index (χ2v) is 5.10. The van der Waals surface area contributed by atoms with E-state index in [-0.39, 0.29) is 11.9 Å². The van der Waals surface area contributed by atoms with Crippen molar-refractivity contribution < 1.29 is 4.79 Å². The van der Waals surface area contributed by atoms with Crippen molar-refractivity contribution in [2.24, 2.45) is 5.73 Å². The van der Waals surface area contributed by atoms with Gasteiger partial charge in [-0.05, 0) is 30.5 Å². The Kier molecular flexibility index (Phi) is 5.46. The number of benzene rings is 1. The summed E-state index contributed by atoms with van der Waals surface area (Å²) < 4.78 is 0. The molecule has 0 aliphatic heterocycles. The summed E-state index contributed by atoms with van der Waals surface area (Å²) in [5.74, 6) is -0.0166. The molecule has 0 aliphatic carbocycles. The van der Waals surface area contributed by atoms with Crippen molar-refractivity contribution >= 4 is 5.91 Å². The van der Waals surface area contributed by atoms with Crippen molar-refractivity contribution in [3.8, 4) is 0 Å². The van der Waals surface area contributed by atoms with E-state index in [0.29, 0.717) is 13.0 Å². The van der Waals surface area contributed by atoms with E-state index in [1.807, 2.05) is 49.4 Å². The standard InChI is InChI=1S/C17H21N3O/c1-13-6-5-10-19-16(13)12-17(21)20-11-9-15(18)14-7-3-2-4-8-14/h2-8,10,15H,9,11-12,18H2,1H3,(H,20,21). The molecule has 1 unspecified atom stereocenters. The maximum Gasteiger partial charge on any atom is 0.226 e. The van der Waals surface area contributed by atoms with Crippen molar-refractivity contribution in [1.29, 1.82) is 0 Å². The van der Waals surface area contributed by atoms with Crippen LogP contribution < -0.4 is 11.1 Å². The van der Waals surface area contributed by atoms with Crippen molar-refractivity contribution in [2.75, 3.05) is 6.54 Å². The Labute approximate surface area is 125 Å². The molecule has 0 fully saturated rings. The van der Waals surface area contributed by atoms with Crippen LogP contribution in [0.25, 0.3) is 0 Å². The first-order valence-corrected chi connectivity index (χ1v) is 7.14. The van der Waals surface area contributed by atoms with Crippen molar-refractivity contribution in [1.82, 2.24) is 10.3 Å². The lowest BCUT2D eigenvalue weighted by Gasteiger charge is -2.12. The normalized spacial score (nSPS) is 11.9. The van der Waals surface area contributed by atoms with Gasteiger partial charge >= 0.3 is 0 Å². The number of amides is 1. The van der Waals surface area contributed by atoms with Gasteiger partial charge in [-0.1, -0.05) is 36.4 Å². The number of carbonyl (C=O) groups is 1. The Morgan fingerprint density at radius 3 is 2.71 bits per heavy atom. The summed E-state index contributed by atoms with van der Waals surface area (Å²) in [4.78, 5) is 16.1. The summed E-state index contributed by atoms with van der Waals surface area (Å²) in [6, 6.07) is 13.7. The molecule has 0 saturated carbocycles. The van der Waals surface area contributed by atoms with Crippen LogP contribution in [-0.2, 0) is 11.2 Å². The Balaban J connectivity index is 1.76. The summed E-state index contributed by atoms with van der Waals surface area (Å²) in [5.41, 5.74) is 9.04. The number of hydrogen-bond acceptors (Lipinski definition) is 3. The molecule has 1 aromatic carbocycles. The summed E-state index contributed by atoms with van der Waals surface area (Å²) in [6.45, 7) is 2.53. The van der Waals surface area contributed by atoms with E-state index in [9.17, 15) is 4.79 Å². The van der Waals surface area contributed by atoms with E-state index in [1.165, 1.54) is 0 Å². The number of nitrogens with zero attached hydrogens (tertiary/aromatic N) is 1. The molecule has 0 bridgehead atoms. The molecule has 0 spiro atoms. The maximum absolute atomic E-state index is 11.9. The molecule has 1 heterocycles. The van der Waals surface area contributed by atoms with Crippen LogP contribution in [0.1, 0.15) is 29.3 Å². The molecular weight excluding hydrogens is 262 g/mol. The van der Waals surface area contributed by atoms with Gasteiger partial charge in [-0.15, -0.1) is 0 Å². The molecule has 1 aromatic heterocycles. The highest BCUT2D eigenvalue weighted by Crippen LogP contribution is 2.12. The van der Waals surface area contributed by atoms with Gasteiger partial charge in [0.05, 0.1) is 12.1 Å². The number of rotatable bonds is 6. The number of aromatic nitrogens is 1. The number of carbonyl (C=O) groups excluding carboxylic acids is 1. The third-order valence-corrected chi connectivity index (χ3v) is 3.45. The van der Waals surface area contributed by atoms with E-state index in [2.05, 4.69) is 10.3 Å². The second kappa shape index (κ2) is 7.55. The van der Waals surface area contributed by atoms with Crippen molar-refractivity contribution in [2.45, 2.75) is 25.8 Å². The van der Waals surface area contributed by atoms with Crippen molar-refractivity contribution in [3.63, 3.8) is 0 Å². The molecule has 4 nitrogen and oxygen atoms in total. The summed E-state index contributed by atoms with van der Waals surface area (Å²) in [7, 11) is 0. The quantitative estimate of drug-likeness (QED) is 0.853. The molecule has 2 aromatic rings. The molecule has 4 heteroatoms. The first-order chi connectivity index (χ1) is 10.2. The lowest BCUT2D eigenvalue weighted by atomic mass is 10.1. The van der Waals surface area contributed by atoms with Gasteiger partial charge < -0.3 is 11.1 Å². The van der Waals surface area contributed by atoms with Gasteiger partial charge in [0.25, 0.3) is 0 Å². The molecule has 21 heavy (non-hydrogen) atoms. The highest BCUT2D eigenvalue weighted by Gasteiger charge is 2.08. The van der Waals surface area contributed by atoms with Gasteiger partial charge in [0.1, 0.15) is 0 Å². The van der Waals surface area contributed by atoms with E-state index >= 15 is 0 Å². The first kappa shape index (κ1) is 15.2. The highest BCUT2D eigenvalue weighted by atomic mass is 16.1. The van der Waals surface area contributed by atoms with E-state index < -0.39 is 0 Å². The lowest BCUT2D eigenvalue weighted by molar-refractivity contribution is -0.120. The number of nitrogens with two attached hydrogens (primary N) is 1. The fourth-order valence-electron chi connectivity index (χ4n) is 2.15. The minimum Gasteiger partial charge on any atom is -0.356 e. The second-order valence-electron chi connectivity index (χ2n) is 5.10. The third kappa shape index (κ3) is 4.68. The SMILES string of the molecule is Cc1cccnc1CC(=O)NCCC(N)c1ccccc1. The number of pyridine rings is 1. The molecule has 2 rings (SSSR count). The van der Waals surface area contributed by atoms with Gasteiger partial charge in [0.15, 0.2) is 0 Å². The number of nitrogens with one attached hydrogen (secondary N) is 1. The Morgan fingerprint density at radius 2 is 2.00 bits per heavy atom. The lowest BCUT2D eigenvalue weighted by Crippen LogP contribution is -2.29. The Morgan fingerprint density at radius 1 is 1.24 bits per heavy atom. The molecular formula is C17H21N3O. The largest absolute Gasteiger partial charge is 0.356 e. The average molecular weight is 283 g/mol. The van der Waals surface area contributed by atoms with Crippen molar-refractivity contribution in [3.05, 3.63) is 65.5 Å². The molecule has 1 atom stereocenters. The zero-order valence-corrected chi connectivity index (χ0v) is 12.3. The van der Waals surface area contributed by atoms with Crippen LogP contribution in [0, 0.1) is 6.92 Å². The van der Waals surface area contributed by atoms with Gasteiger partial charge in [-0.2, -0.15) is 0 Å². The van der Waals surface area contributed by atoms with E-state index in [1.54, 1.807) is 6.20 Å². The minimum absolute atomic E-state index is 0.0166. The highest BCUT2D eigenvalue weighted by molar-refractivity contribution is 5.78. The molecule has 0 aliphatic rings. The monoisotopic (exact) mass is 283 g/mol. The summed E-state index contributed by atoms with van der Waals surface area (Å²) >= 11 is 0. The molecule has 110 valence electrons. The number of hydrogen-bond donors (Lipinski definition) is 2. The zero-order valence-electron chi connectivity index (χ0n) is 12.3. The van der Waals surface area contributed by atoms with Crippen LogP contribution in [0.5, 0.6) is 0 Å². The fourth-order valence-corrected chi connectivity index (χ4v) is 2.15. The Hall–Kier alpha value is -2.20. The third-order valence-electron chi connectivity index (χ3n) is 3.45. The molecule has 3 N–H and O–H groups in total. The predicted molar refractivity (Wildman–Crippen MR) is 83.7 cm³/mol. The Bertz CT molecular complexity index is 584. The zero-order chi connectivity index (χ0) is 15.1. The van der Waals surface area contributed by atoms with Crippen LogP contribution >= 0.6 is 0 Å². The first-order valence-electron chi connectivity index (χ1n) is 7.14. The van der Waals surface area contributed by atoms with E-state index in [0.717, 1.165) is 23.2 Å². The molecule has 0 saturated heterocycles. The predicted octanol–water partition coefficient (Wildman–Crippen LogP) is 2.14. The topological polar surface area (TPSA) is 68.0 Å².